The number of urea groups is 1. The van der Waals surface area contributed by atoms with E-state index in [1.54, 1.807) is 11.9 Å². The van der Waals surface area contributed by atoms with Gasteiger partial charge in [-0.1, -0.05) is 12.0 Å². The number of amides is 2. The molecule has 0 aliphatic rings. The first kappa shape index (κ1) is 17.2. The Morgan fingerprint density at radius 2 is 2.04 bits per heavy atom. The van der Waals surface area contributed by atoms with Gasteiger partial charge in [0.05, 0.1) is 5.52 Å². The van der Waals surface area contributed by atoms with E-state index in [1.807, 2.05) is 49.4 Å². The van der Waals surface area contributed by atoms with Gasteiger partial charge in [-0.25, -0.2) is 14.8 Å². The van der Waals surface area contributed by atoms with Crippen molar-refractivity contribution in [2.24, 2.45) is 0 Å². The van der Waals surface area contributed by atoms with Crippen molar-refractivity contribution in [2.45, 2.75) is 6.92 Å². The molecule has 0 saturated heterocycles. The summed E-state index contributed by atoms with van der Waals surface area (Å²) in [5.41, 5.74) is 3.07. The Balaban J connectivity index is 1.94. The number of nitrogens with zero attached hydrogens (tertiary/aromatic N) is 3. The maximum atomic E-state index is 12.1. The number of aromatic nitrogens is 2. The van der Waals surface area contributed by atoms with Crippen molar-refractivity contribution in [2.75, 3.05) is 24.2 Å². The summed E-state index contributed by atoms with van der Waals surface area (Å²) in [6.07, 6.45) is 6.96. The fourth-order valence-electron chi connectivity index (χ4n) is 2.42. The molecule has 0 saturated carbocycles. The zero-order valence-electron chi connectivity index (χ0n) is 14.7. The third-order valence-corrected chi connectivity index (χ3v) is 4.00. The normalized spacial score (nSPS) is 10.2. The maximum Gasteiger partial charge on any atom is 0.321 e. The monoisotopic (exact) mass is 345 g/mol. The molecular formula is C20H19N5O. The number of carbonyl (C=O) groups is 1. The second kappa shape index (κ2) is 7.53. The second-order valence-electron chi connectivity index (χ2n) is 5.75. The van der Waals surface area contributed by atoms with E-state index >= 15 is 0 Å². The zero-order chi connectivity index (χ0) is 18.5. The van der Waals surface area contributed by atoms with Crippen molar-refractivity contribution in [1.82, 2.24) is 14.9 Å². The minimum atomic E-state index is -0.167. The molecule has 0 aliphatic carbocycles. The molecule has 2 N–H and O–H groups in total. The molecule has 6 heteroatoms. The van der Waals surface area contributed by atoms with Gasteiger partial charge in [0.2, 0.25) is 0 Å². The Bertz CT molecular complexity index is 993. The molecule has 6 nitrogen and oxygen atoms in total. The fraction of sp³-hybridized carbons (Fsp3) is 0.150. The topological polar surface area (TPSA) is 70.1 Å². The largest absolute Gasteiger partial charge is 0.340 e. The van der Waals surface area contributed by atoms with E-state index in [-0.39, 0.29) is 6.03 Å². The van der Waals surface area contributed by atoms with E-state index in [0.29, 0.717) is 18.1 Å². The molecule has 2 aromatic carbocycles. The van der Waals surface area contributed by atoms with Gasteiger partial charge in [-0.3, -0.25) is 0 Å². The summed E-state index contributed by atoms with van der Waals surface area (Å²) in [6.45, 7) is 2.54. The van der Waals surface area contributed by atoms with Gasteiger partial charge in [0.15, 0.2) is 0 Å². The van der Waals surface area contributed by atoms with Crippen LogP contribution in [0.1, 0.15) is 12.5 Å². The molecule has 0 atom stereocenters. The number of carbonyl (C=O) groups excluding carboxylic acids is 1. The first-order chi connectivity index (χ1) is 12.6. The minimum absolute atomic E-state index is 0.167. The summed E-state index contributed by atoms with van der Waals surface area (Å²) in [4.78, 5) is 22.3. The highest BCUT2D eigenvalue weighted by atomic mass is 16.2. The quantitative estimate of drug-likeness (QED) is 0.705. The number of rotatable bonds is 4. The Kier molecular flexibility index (Phi) is 4.99. The van der Waals surface area contributed by atoms with E-state index in [1.165, 1.54) is 6.33 Å². The maximum absolute atomic E-state index is 12.1. The number of hydrogen-bond donors (Lipinski definition) is 2. The van der Waals surface area contributed by atoms with Crippen LogP contribution in [0.25, 0.3) is 10.9 Å². The van der Waals surface area contributed by atoms with Gasteiger partial charge in [-0.05, 0) is 43.3 Å². The number of nitrogens with one attached hydrogen (secondary N) is 2. The van der Waals surface area contributed by atoms with Crippen molar-refractivity contribution in [3.8, 4) is 12.3 Å². The lowest BCUT2D eigenvalue weighted by molar-refractivity contribution is 0.224. The molecule has 3 rings (SSSR count). The summed E-state index contributed by atoms with van der Waals surface area (Å²) >= 11 is 0. The number of benzene rings is 2. The molecule has 1 aromatic heterocycles. The van der Waals surface area contributed by atoms with Crippen LogP contribution in [0, 0.1) is 12.3 Å². The first-order valence-electron chi connectivity index (χ1n) is 8.21. The molecular weight excluding hydrogens is 326 g/mol. The average Bonchev–Trinajstić information content (AvgIpc) is 2.68. The molecule has 2 amide bonds. The van der Waals surface area contributed by atoms with Crippen LogP contribution >= 0.6 is 0 Å². The lowest BCUT2D eigenvalue weighted by Gasteiger charge is -2.16. The zero-order valence-corrected chi connectivity index (χ0v) is 14.7. The summed E-state index contributed by atoms with van der Waals surface area (Å²) in [5.74, 6) is 3.25. The molecule has 0 radical (unpaired) electrons. The molecule has 0 unspecified atom stereocenters. The van der Waals surface area contributed by atoms with E-state index in [9.17, 15) is 4.79 Å². The number of terminal acetylenes is 1. The molecule has 3 aromatic rings. The van der Waals surface area contributed by atoms with E-state index in [2.05, 4.69) is 26.5 Å². The van der Waals surface area contributed by atoms with Gasteiger partial charge < -0.3 is 15.5 Å². The SMILES string of the molecule is C#Cc1cccc(Nc2ncnc3ccc(NC(=O)N(C)CC)cc23)c1. The molecule has 0 fully saturated rings. The highest BCUT2D eigenvalue weighted by molar-refractivity contribution is 5.96. The average molecular weight is 345 g/mol. The van der Waals surface area contributed by atoms with E-state index in [0.717, 1.165) is 22.2 Å². The molecule has 1 heterocycles. The minimum Gasteiger partial charge on any atom is -0.340 e. The van der Waals surface area contributed by atoms with Crippen LogP contribution in [0.4, 0.5) is 22.0 Å². The van der Waals surface area contributed by atoms with Gasteiger partial charge in [0, 0.05) is 35.9 Å². The Labute approximate surface area is 152 Å². The van der Waals surface area contributed by atoms with E-state index in [4.69, 9.17) is 6.42 Å². The fourth-order valence-corrected chi connectivity index (χ4v) is 2.42. The van der Waals surface area contributed by atoms with Crippen molar-refractivity contribution in [1.29, 1.82) is 0 Å². The van der Waals surface area contributed by atoms with Gasteiger partial charge in [-0.2, -0.15) is 0 Å². The second-order valence-corrected chi connectivity index (χ2v) is 5.75. The number of hydrogen-bond acceptors (Lipinski definition) is 4. The van der Waals surface area contributed by atoms with Crippen molar-refractivity contribution >= 4 is 34.1 Å². The number of fused-ring (bicyclic) bond motifs is 1. The Morgan fingerprint density at radius 1 is 1.19 bits per heavy atom. The van der Waals surface area contributed by atoms with Gasteiger partial charge in [0.1, 0.15) is 12.1 Å². The molecule has 0 bridgehead atoms. The Hall–Kier alpha value is -3.59. The van der Waals surface area contributed by atoms with Crippen LogP contribution in [-0.4, -0.2) is 34.5 Å². The van der Waals surface area contributed by atoms with Crippen LogP contribution in [0.5, 0.6) is 0 Å². The molecule has 130 valence electrons. The van der Waals surface area contributed by atoms with Crippen LogP contribution < -0.4 is 10.6 Å². The van der Waals surface area contributed by atoms with E-state index < -0.39 is 0 Å². The van der Waals surface area contributed by atoms with Crippen molar-refractivity contribution in [3.63, 3.8) is 0 Å². The first-order valence-corrected chi connectivity index (χ1v) is 8.21. The predicted octanol–water partition coefficient (Wildman–Crippen LogP) is 3.84. The molecule has 26 heavy (non-hydrogen) atoms. The van der Waals surface area contributed by atoms with Crippen LogP contribution in [0.2, 0.25) is 0 Å². The lowest BCUT2D eigenvalue weighted by Crippen LogP contribution is -2.30. The van der Waals surface area contributed by atoms with Crippen molar-refractivity contribution in [3.05, 3.63) is 54.4 Å². The third-order valence-electron chi connectivity index (χ3n) is 4.00. The van der Waals surface area contributed by atoms with Gasteiger partial charge in [-0.15, -0.1) is 6.42 Å². The molecule has 0 aliphatic heterocycles. The van der Waals surface area contributed by atoms with Crippen LogP contribution in [0.15, 0.2) is 48.8 Å². The summed E-state index contributed by atoms with van der Waals surface area (Å²) < 4.78 is 0. The third kappa shape index (κ3) is 3.73. The predicted molar refractivity (Wildman–Crippen MR) is 105 cm³/mol. The molecule has 0 spiro atoms. The van der Waals surface area contributed by atoms with Crippen molar-refractivity contribution < 1.29 is 4.79 Å². The smallest absolute Gasteiger partial charge is 0.321 e. The summed E-state index contributed by atoms with van der Waals surface area (Å²) in [5, 5.41) is 6.94. The standard InChI is InChI=1S/C20H19N5O/c1-4-14-7-6-8-15(11-14)23-19-17-12-16(24-20(26)25(3)5-2)9-10-18(17)21-13-22-19/h1,6-13H,5H2,2-3H3,(H,24,26)(H,21,22,23). The van der Waals surface area contributed by atoms with Gasteiger partial charge >= 0.3 is 6.03 Å². The van der Waals surface area contributed by atoms with Crippen LogP contribution in [-0.2, 0) is 0 Å². The summed E-state index contributed by atoms with van der Waals surface area (Å²) in [6, 6.07) is 12.9. The lowest BCUT2D eigenvalue weighted by atomic mass is 10.2. The summed E-state index contributed by atoms with van der Waals surface area (Å²) in [7, 11) is 1.74. The van der Waals surface area contributed by atoms with Crippen LogP contribution in [0.3, 0.4) is 0 Å². The Morgan fingerprint density at radius 3 is 2.81 bits per heavy atom. The van der Waals surface area contributed by atoms with Gasteiger partial charge in [0.25, 0.3) is 0 Å². The highest BCUT2D eigenvalue weighted by Crippen LogP contribution is 2.26. The number of anilines is 3. The highest BCUT2D eigenvalue weighted by Gasteiger charge is 2.09.